The molecule has 0 heterocycles. The van der Waals surface area contributed by atoms with Gasteiger partial charge < -0.3 is 14.7 Å². The Morgan fingerprint density at radius 1 is 1.08 bits per heavy atom. The molecule has 0 aliphatic rings. The van der Waals surface area contributed by atoms with Crippen LogP contribution in [-0.2, 0) is 0 Å². The Balaban J connectivity index is 2.85. The highest BCUT2D eigenvalue weighted by atomic mass is 127. The second-order valence-electron chi connectivity index (χ2n) is 2.05. The van der Waals surface area contributed by atoms with Crippen molar-refractivity contribution in [2.75, 3.05) is 0 Å². The molecular formula is C6H5BI2O3. The van der Waals surface area contributed by atoms with E-state index in [1.807, 2.05) is 6.07 Å². The fraction of sp³-hybridized carbons (Fsp3) is 0. The molecule has 0 aliphatic heterocycles. The Morgan fingerprint density at radius 3 is 2.00 bits per heavy atom. The predicted octanol–water partition coefficient (Wildman–Crippen LogP) is 1.24. The van der Waals surface area contributed by atoms with Crippen molar-refractivity contribution in [2.45, 2.75) is 0 Å². The quantitative estimate of drug-likeness (QED) is 0.591. The van der Waals surface area contributed by atoms with Crippen molar-refractivity contribution in [2.24, 2.45) is 0 Å². The third-order valence-electron chi connectivity index (χ3n) is 1.08. The van der Waals surface area contributed by atoms with Gasteiger partial charge in [0, 0.05) is 7.14 Å². The van der Waals surface area contributed by atoms with Crippen LogP contribution in [0.5, 0.6) is 5.75 Å². The molecule has 6 heteroatoms. The second kappa shape index (κ2) is 4.63. The van der Waals surface area contributed by atoms with Gasteiger partial charge in [0.05, 0.1) is 0 Å². The van der Waals surface area contributed by atoms with Crippen LogP contribution < -0.4 is 4.65 Å². The summed E-state index contributed by atoms with van der Waals surface area (Å²) in [4.78, 5) is 0. The van der Waals surface area contributed by atoms with E-state index in [1.54, 1.807) is 12.1 Å². The topological polar surface area (TPSA) is 49.7 Å². The number of benzene rings is 1. The van der Waals surface area contributed by atoms with E-state index in [-0.39, 0.29) is 0 Å². The third-order valence-corrected chi connectivity index (χ3v) is 2.32. The highest BCUT2D eigenvalue weighted by Crippen LogP contribution is 2.19. The fourth-order valence-corrected chi connectivity index (χ4v) is 2.60. The van der Waals surface area contributed by atoms with Crippen molar-refractivity contribution in [1.82, 2.24) is 0 Å². The van der Waals surface area contributed by atoms with E-state index >= 15 is 0 Å². The van der Waals surface area contributed by atoms with Crippen LogP contribution >= 0.6 is 45.2 Å². The lowest BCUT2D eigenvalue weighted by Gasteiger charge is -2.05. The van der Waals surface area contributed by atoms with Gasteiger partial charge in [0.15, 0.2) is 0 Å². The van der Waals surface area contributed by atoms with Crippen molar-refractivity contribution in [3.05, 3.63) is 25.3 Å². The largest absolute Gasteiger partial charge is 0.707 e. The monoisotopic (exact) mass is 390 g/mol. The molecule has 1 aromatic carbocycles. The minimum atomic E-state index is -1.75. The number of hydrogen-bond acceptors (Lipinski definition) is 3. The Hall–Kier alpha value is 0.465. The van der Waals surface area contributed by atoms with Crippen LogP contribution in [-0.4, -0.2) is 17.4 Å². The summed E-state index contributed by atoms with van der Waals surface area (Å²) in [5, 5.41) is 17.0. The smallest absolute Gasteiger partial charge is 0.512 e. The summed E-state index contributed by atoms with van der Waals surface area (Å²) in [6, 6.07) is 5.40. The summed E-state index contributed by atoms with van der Waals surface area (Å²) < 4.78 is 6.67. The van der Waals surface area contributed by atoms with E-state index in [1.165, 1.54) is 0 Å². The van der Waals surface area contributed by atoms with Crippen LogP contribution in [0.4, 0.5) is 0 Å². The predicted molar refractivity (Wildman–Crippen MR) is 62.7 cm³/mol. The molecule has 1 rings (SSSR count). The zero-order chi connectivity index (χ0) is 9.14. The van der Waals surface area contributed by atoms with Crippen LogP contribution in [0.15, 0.2) is 18.2 Å². The lowest BCUT2D eigenvalue weighted by Crippen LogP contribution is -2.20. The maximum absolute atomic E-state index is 8.52. The molecule has 0 unspecified atom stereocenters. The van der Waals surface area contributed by atoms with Crippen molar-refractivity contribution < 1.29 is 14.7 Å². The molecular weight excluding hydrogens is 385 g/mol. The first-order valence-electron chi connectivity index (χ1n) is 3.07. The first kappa shape index (κ1) is 10.5. The van der Waals surface area contributed by atoms with E-state index in [9.17, 15) is 0 Å². The summed E-state index contributed by atoms with van der Waals surface area (Å²) in [6.07, 6.45) is 0. The van der Waals surface area contributed by atoms with E-state index in [4.69, 9.17) is 10.0 Å². The molecule has 2 N–H and O–H groups in total. The van der Waals surface area contributed by atoms with Gasteiger partial charge in [-0.05, 0) is 63.4 Å². The highest BCUT2D eigenvalue weighted by Gasteiger charge is 2.11. The highest BCUT2D eigenvalue weighted by molar-refractivity contribution is 14.1. The molecule has 64 valence electrons. The molecule has 0 saturated heterocycles. The van der Waals surface area contributed by atoms with Crippen molar-refractivity contribution in [3.8, 4) is 5.75 Å². The number of hydrogen-bond donors (Lipinski definition) is 2. The molecule has 12 heavy (non-hydrogen) atoms. The lowest BCUT2D eigenvalue weighted by molar-refractivity contribution is 0.288. The van der Waals surface area contributed by atoms with Gasteiger partial charge in [-0.2, -0.15) is 0 Å². The molecule has 0 aliphatic carbocycles. The molecule has 0 amide bonds. The molecule has 0 radical (unpaired) electrons. The van der Waals surface area contributed by atoms with Gasteiger partial charge in [-0.15, -0.1) is 0 Å². The summed E-state index contributed by atoms with van der Waals surface area (Å²) in [7, 11) is -1.75. The number of rotatable bonds is 2. The van der Waals surface area contributed by atoms with Crippen molar-refractivity contribution in [3.63, 3.8) is 0 Å². The van der Waals surface area contributed by atoms with Crippen molar-refractivity contribution in [1.29, 1.82) is 0 Å². The van der Waals surface area contributed by atoms with E-state index < -0.39 is 7.32 Å². The first-order valence-corrected chi connectivity index (χ1v) is 5.22. The van der Waals surface area contributed by atoms with E-state index in [2.05, 4.69) is 49.8 Å². The van der Waals surface area contributed by atoms with Gasteiger partial charge >= 0.3 is 7.32 Å². The Morgan fingerprint density at radius 2 is 1.58 bits per heavy atom. The number of halogens is 2. The normalized spacial score (nSPS) is 9.67. The minimum Gasteiger partial charge on any atom is -0.512 e. The molecule has 1 aromatic rings. The van der Waals surface area contributed by atoms with Gasteiger partial charge in [0.2, 0.25) is 0 Å². The maximum Gasteiger partial charge on any atom is 0.707 e. The molecule has 3 nitrogen and oxygen atoms in total. The molecule has 0 aromatic heterocycles. The van der Waals surface area contributed by atoms with Crippen LogP contribution in [0.2, 0.25) is 0 Å². The van der Waals surface area contributed by atoms with Gasteiger partial charge in [0.25, 0.3) is 0 Å². The Labute approximate surface area is 97.6 Å². The van der Waals surface area contributed by atoms with Crippen molar-refractivity contribution >= 4 is 52.5 Å². The molecule has 0 spiro atoms. The van der Waals surface area contributed by atoms with E-state index in [0.29, 0.717) is 5.75 Å². The molecule has 0 saturated carbocycles. The SMILES string of the molecule is OB(O)Oc1cc(I)cc(I)c1. The van der Waals surface area contributed by atoms with Crippen LogP contribution in [0.3, 0.4) is 0 Å². The van der Waals surface area contributed by atoms with Crippen LogP contribution in [0.1, 0.15) is 0 Å². The maximum atomic E-state index is 8.52. The molecule has 0 atom stereocenters. The van der Waals surface area contributed by atoms with Gasteiger partial charge in [0.1, 0.15) is 5.75 Å². The molecule has 0 fully saturated rings. The van der Waals surface area contributed by atoms with Gasteiger partial charge in [-0.3, -0.25) is 0 Å². The van der Waals surface area contributed by atoms with Gasteiger partial charge in [-0.1, -0.05) is 0 Å². The standard InChI is InChI=1S/C6H5BI2O3/c8-4-1-5(9)3-6(2-4)12-7(10)11/h1-3,10-11H. The summed E-state index contributed by atoms with van der Waals surface area (Å²) in [5.74, 6) is 0.460. The molecule has 0 bridgehead atoms. The zero-order valence-electron chi connectivity index (χ0n) is 5.87. The minimum absolute atomic E-state index is 0.460. The van der Waals surface area contributed by atoms with Crippen LogP contribution in [0.25, 0.3) is 0 Å². The average Bonchev–Trinajstić information content (AvgIpc) is 1.81. The summed E-state index contributed by atoms with van der Waals surface area (Å²) in [5.41, 5.74) is 0. The first-order chi connectivity index (χ1) is 5.58. The Kier molecular flexibility index (Phi) is 4.07. The second-order valence-corrected chi connectivity index (χ2v) is 4.54. The Bertz CT molecular complexity index is 259. The summed E-state index contributed by atoms with van der Waals surface area (Å²) in [6.45, 7) is 0. The zero-order valence-corrected chi connectivity index (χ0v) is 10.2. The summed E-state index contributed by atoms with van der Waals surface area (Å²) >= 11 is 4.26. The lowest BCUT2D eigenvalue weighted by atomic mass is 10.2. The van der Waals surface area contributed by atoms with Crippen LogP contribution in [0, 0.1) is 7.14 Å². The fourth-order valence-electron chi connectivity index (χ4n) is 0.718. The van der Waals surface area contributed by atoms with Gasteiger partial charge in [-0.25, -0.2) is 0 Å². The van der Waals surface area contributed by atoms with E-state index in [0.717, 1.165) is 7.14 Å². The third kappa shape index (κ3) is 3.46. The average molecular weight is 390 g/mol.